The Morgan fingerprint density at radius 1 is 1.41 bits per heavy atom. The number of rotatable bonds is 7. The van der Waals surface area contributed by atoms with E-state index in [1.165, 1.54) is 4.31 Å². The highest BCUT2D eigenvalue weighted by Crippen LogP contribution is 2.17. The molecule has 1 atom stereocenters. The molecule has 6 nitrogen and oxygen atoms in total. The van der Waals surface area contributed by atoms with Crippen molar-refractivity contribution in [2.75, 3.05) is 36.2 Å². The first-order valence-electron chi connectivity index (χ1n) is 5.28. The molecule has 1 aromatic rings. The Morgan fingerprint density at radius 3 is 2.76 bits per heavy atom. The van der Waals surface area contributed by atoms with Gasteiger partial charge in [-0.2, -0.15) is 0 Å². The van der Waals surface area contributed by atoms with E-state index >= 15 is 0 Å². The number of nitrogens with zero attached hydrogens (tertiary/aromatic N) is 1. The summed E-state index contributed by atoms with van der Waals surface area (Å²) in [7, 11) is 0. The van der Waals surface area contributed by atoms with Gasteiger partial charge in [-0.15, -0.1) is 0 Å². The van der Waals surface area contributed by atoms with E-state index in [1.54, 1.807) is 24.3 Å². The van der Waals surface area contributed by atoms with Crippen LogP contribution in [0.15, 0.2) is 24.3 Å². The Bertz CT molecular complexity index is 375. The molecule has 0 aliphatic rings. The Kier molecular flexibility index (Phi) is 5.92. The lowest BCUT2D eigenvalue weighted by Crippen LogP contribution is -2.35. The Balaban J connectivity index is 2.63. The maximum absolute atomic E-state index is 11.1. The first-order chi connectivity index (χ1) is 8.15. The van der Waals surface area contributed by atoms with Crippen molar-refractivity contribution in [1.29, 1.82) is 0 Å². The average Bonchev–Trinajstić information content (AvgIpc) is 2.28. The summed E-state index contributed by atoms with van der Waals surface area (Å²) in [6, 6.07) is 6.76. The van der Waals surface area contributed by atoms with E-state index in [2.05, 4.69) is 5.32 Å². The van der Waals surface area contributed by atoms with Crippen LogP contribution < -0.4 is 21.1 Å². The van der Waals surface area contributed by atoms with E-state index in [1.807, 2.05) is 0 Å². The fourth-order valence-corrected chi connectivity index (χ4v) is 1.90. The zero-order valence-electron chi connectivity index (χ0n) is 9.46. The second-order valence-electron chi connectivity index (χ2n) is 3.45. The largest absolute Gasteiger partial charge is 0.755 e. The lowest BCUT2D eigenvalue weighted by Gasteiger charge is -2.26. The molecule has 0 saturated heterocycles. The van der Waals surface area contributed by atoms with Crippen LogP contribution >= 0.6 is 0 Å². The molecule has 0 spiro atoms. The summed E-state index contributed by atoms with van der Waals surface area (Å²) in [6.07, 6.45) is 0. The van der Waals surface area contributed by atoms with Crippen molar-refractivity contribution in [1.82, 2.24) is 5.32 Å². The van der Waals surface area contributed by atoms with Gasteiger partial charge in [-0.25, -0.2) is 0 Å². The lowest BCUT2D eigenvalue weighted by atomic mass is 10.3. The van der Waals surface area contributed by atoms with Crippen LogP contribution in [0.3, 0.4) is 0 Å². The molecule has 1 rings (SSSR count). The predicted molar refractivity (Wildman–Crippen MR) is 69.0 cm³/mol. The van der Waals surface area contributed by atoms with Gasteiger partial charge >= 0.3 is 0 Å². The topological polar surface area (TPSA) is 107 Å². The molecule has 17 heavy (non-hydrogen) atoms. The highest BCUT2D eigenvalue weighted by atomic mass is 32.2. The minimum Gasteiger partial charge on any atom is -0.755 e. The van der Waals surface area contributed by atoms with Gasteiger partial charge in [0.15, 0.2) is 0 Å². The smallest absolute Gasteiger partial charge is 0.0503 e. The quantitative estimate of drug-likeness (QED) is 0.344. The summed E-state index contributed by atoms with van der Waals surface area (Å²) < 4.78 is 23.5. The highest BCUT2D eigenvalue weighted by molar-refractivity contribution is 7.80. The number of nitrogens with two attached hydrogens (primary N) is 2. The number of benzene rings is 1. The highest BCUT2D eigenvalue weighted by Gasteiger charge is 2.06. The van der Waals surface area contributed by atoms with Gasteiger partial charge in [0.25, 0.3) is 0 Å². The van der Waals surface area contributed by atoms with Crippen molar-refractivity contribution in [3.63, 3.8) is 0 Å². The summed E-state index contributed by atoms with van der Waals surface area (Å²) in [4.78, 5) is 0. The van der Waals surface area contributed by atoms with Crippen molar-refractivity contribution in [2.24, 2.45) is 5.73 Å². The molecule has 5 N–H and O–H groups in total. The van der Waals surface area contributed by atoms with Crippen molar-refractivity contribution >= 4 is 22.6 Å². The predicted octanol–water partition coefficient (Wildman–Crippen LogP) is -0.582. The van der Waals surface area contributed by atoms with Gasteiger partial charge in [-0.1, -0.05) is 6.07 Å². The van der Waals surface area contributed by atoms with Crippen molar-refractivity contribution in [3.8, 4) is 0 Å². The molecule has 1 unspecified atom stereocenters. The molecule has 1 aromatic carbocycles. The van der Waals surface area contributed by atoms with Crippen LogP contribution in [0.1, 0.15) is 0 Å². The second-order valence-corrected chi connectivity index (χ2v) is 4.33. The monoisotopic (exact) mass is 257 g/mol. The van der Waals surface area contributed by atoms with Crippen LogP contribution in [0.25, 0.3) is 0 Å². The molecule has 0 aromatic heterocycles. The van der Waals surface area contributed by atoms with Crippen LogP contribution in [-0.2, 0) is 11.3 Å². The van der Waals surface area contributed by atoms with Crippen LogP contribution in [0.4, 0.5) is 11.4 Å². The summed E-state index contributed by atoms with van der Waals surface area (Å²) in [5, 5.41) is 3.03. The molecule has 0 amide bonds. The minimum atomic E-state index is -2.31. The Labute approximate surface area is 103 Å². The van der Waals surface area contributed by atoms with Gasteiger partial charge in [0.2, 0.25) is 0 Å². The van der Waals surface area contributed by atoms with E-state index in [-0.39, 0.29) is 0 Å². The Morgan fingerprint density at radius 2 is 2.18 bits per heavy atom. The normalized spacial score (nSPS) is 12.4. The van der Waals surface area contributed by atoms with E-state index in [0.29, 0.717) is 37.6 Å². The number of anilines is 2. The molecule has 0 heterocycles. The van der Waals surface area contributed by atoms with Gasteiger partial charge in [0.1, 0.15) is 0 Å². The van der Waals surface area contributed by atoms with E-state index < -0.39 is 11.3 Å². The Hall–Kier alpha value is -1.15. The first-order valence-corrected chi connectivity index (χ1v) is 6.31. The molecule has 7 heteroatoms. The van der Waals surface area contributed by atoms with Crippen LogP contribution in [0.2, 0.25) is 0 Å². The number of hydrogen-bond acceptors (Lipinski definition) is 5. The zero-order valence-corrected chi connectivity index (χ0v) is 10.3. The molecule has 0 aliphatic carbocycles. The fourth-order valence-electron chi connectivity index (χ4n) is 1.38. The van der Waals surface area contributed by atoms with E-state index in [9.17, 15) is 8.76 Å². The minimum absolute atomic E-state index is 0.347. The molecule has 0 saturated carbocycles. The average molecular weight is 257 g/mol. The zero-order chi connectivity index (χ0) is 12.7. The third kappa shape index (κ3) is 4.70. The molecular weight excluding hydrogens is 240 g/mol. The van der Waals surface area contributed by atoms with Crippen molar-refractivity contribution in [3.05, 3.63) is 24.3 Å². The third-order valence-electron chi connectivity index (χ3n) is 2.15. The maximum atomic E-state index is 11.1. The van der Waals surface area contributed by atoms with Crippen LogP contribution in [0, 0.1) is 0 Å². The maximum Gasteiger partial charge on any atom is 0.0503 e. The number of nitrogens with one attached hydrogen (secondary N) is 1. The molecule has 0 bridgehead atoms. The summed E-state index contributed by atoms with van der Waals surface area (Å²) >= 11 is -2.31. The van der Waals surface area contributed by atoms with Gasteiger partial charge in [-0.3, -0.25) is 4.21 Å². The lowest BCUT2D eigenvalue weighted by molar-refractivity contribution is 0.530. The third-order valence-corrected chi connectivity index (χ3v) is 2.90. The summed E-state index contributed by atoms with van der Waals surface area (Å²) in [5.74, 6) is 0. The molecule has 0 fully saturated rings. The van der Waals surface area contributed by atoms with E-state index in [0.717, 1.165) is 0 Å². The van der Waals surface area contributed by atoms with Crippen molar-refractivity contribution in [2.45, 2.75) is 0 Å². The first kappa shape index (κ1) is 13.9. The molecule has 96 valence electrons. The van der Waals surface area contributed by atoms with Gasteiger partial charge < -0.3 is 25.6 Å². The van der Waals surface area contributed by atoms with Gasteiger partial charge in [0.05, 0.1) is 5.69 Å². The van der Waals surface area contributed by atoms with Crippen LogP contribution in [0.5, 0.6) is 0 Å². The summed E-state index contributed by atoms with van der Waals surface area (Å²) in [5.41, 5.74) is 12.0. The molecular formula is C10H17N4O2S-. The number of hydrogen-bond donors (Lipinski definition) is 3. The van der Waals surface area contributed by atoms with Crippen LogP contribution in [-0.4, -0.2) is 34.9 Å². The SMILES string of the molecule is NCCNCCN(c1cccc(N)c1)S(=O)[O-]. The molecule has 0 aliphatic heterocycles. The second kappa shape index (κ2) is 7.23. The van der Waals surface area contributed by atoms with Crippen molar-refractivity contribution < 1.29 is 8.76 Å². The molecule has 0 radical (unpaired) electrons. The fraction of sp³-hybridized carbons (Fsp3) is 0.400. The van der Waals surface area contributed by atoms with Gasteiger partial charge in [0, 0.05) is 43.1 Å². The van der Waals surface area contributed by atoms with E-state index in [4.69, 9.17) is 11.5 Å². The standard InChI is InChI=1S/C10H18N4O2S/c11-4-5-13-6-7-14(17(15)16)10-3-1-2-9(12)8-10/h1-3,8,13H,4-7,11-12H2,(H,15,16)/p-1. The number of nitrogen functional groups attached to an aromatic ring is 1. The van der Waals surface area contributed by atoms with Gasteiger partial charge in [-0.05, 0) is 18.2 Å². The summed E-state index contributed by atoms with van der Waals surface area (Å²) in [6.45, 7) is 2.08.